The molecule has 0 aliphatic rings. The predicted octanol–water partition coefficient (Wildman–Crippen LogP) is 2.40. The summed E-state index contributed by atoms with van der Waals surface area (Å²) in [5, 5.41) is 2.29. The molecular formula is C9H12O2S2. The standard InChI is InChI=1S/C9H12O2S2/c1-6(12)3-7-4-8(13-5-7)9(10)11-2/h4-6,12H,3H2,1-2H3. The van der Waals surface area contributed by atoms with Crippen LogP contribution in [0, 0.1) is 0 Å². The van der Waals surface area contributed by atoms with Crippen LogP contribution in [0.4, 0.5) is 0 Å². The molecule has 0 N–H and O–H groups in total. The van der Waals surface area contributed by atoms with Crippen LogP contribution in [0.25, 0.3) is 0 Å². The average Bonchev–Trinajstić information content (AvgIpc) is 2.50. The third-order valence-corrected chi connectivity index (χ3v) is 2.71. The largest absolute Gasteiger partial charge is 0.465 e. The van der Waals surface area contributed by atoms with E-state index in [0.717, 1.165) is 12.0 Å². The maximum atomic E-state index is 11.1. The molecule has 0 amide bonds. The molecule has 0 spiro atoms. The van der Waals surface area contributed by atoms with Gasteiger partial charge in [0.15, 0.2) is 0 Å². The van der Waals surface area contributed by atoms with Gasteiger partial charge in [-0.3, -0.25) is 0 Å². The summed E-state index contributed by atoms with van der Waals surface area (Å²) in [5.74, 6) is -0.261. The molecule has 0 saturated carbocycles. The van der Waals surface area contributed by atoms with Crippen molar-refractivity contribution >= 4 is 29.9 Å². The first-order valence-electron chi connectivity index (χ1n) is 3.97. The lowest BCUT2D eigenvalue weighted by atomic mass is 10.2. The van der Waals surface area contributed by atoms with Crippen LogP contribution >= 0.6 is 24.0 Å². The third kappa shape index (κ3) is 3.04. The molecule has 1 unspecified atom stereocenters. The normalized spacial score (nSPS) is 12.5. The number of carbonyl (C=O) groups is 1. The smallest absolute Gasteiger partial charge is 0.348 e. The van der Waals surface area contributed by atoms with Crippen molar-refractivity contribution in [3.8, 4) is 0 Å². The van der Waals surface area contributed by atoms with Gasteiger partial charge in [-0.1, -0.05) is 6.92 Å². The summed E-state index contributed by atoms with van der Waals surface area (Å²) in [6.45, 7) is 2.03. The number of hydrogen-bond donors (Lipinski definition) is 1. The van der Waals surface area contributed by atoms with Crippen LogP contribution in [0.2, 0.25) is 0 Å². The highest BCUT2D eigenvalue weighted by Crippen LogP contribution is 2.18. The summed E-state index contributed by atoms with van der Waals surface area (Å²) in [5.41, 5.74) is 1.15. The van der Waals surface area contributed by atoms with Gasteiger partial charge in [0.2, 0.25) is 0 Å². The van der Waals surface area contributed by atoms with Crippen molar-refractivity contribution in [1.82, 2.24) is 0 Å². The van der Waals surface area contributed by atoms with Crippen molar-refractivity contribution in [1.29, 1.82) is 0 Å². The van der Waals surface area contributed by atoms with Crippen molar-refractivity contribution in [3.05, 3.63) is 21.9 Å². The van der Waals surface area contributed by atoms with E-state index in [1.807, 2.05) is 18.4 Å². The van der Waals surface area contributed by atoms with Gasteiger partial charge in [-0.2, -0.15) is 12.6 Å². The summed E-state index contributed by atoms with van der Waals surface area (Å²) in [6, 6.07) is 1.86. The summed E-state index contributed by atoms with van der Waals surface area (Å²) in [4.78, 5) is 11.7. The van der Waals surface area contributed by atoms with E-state index in [2.05, 4.69) is 17.4 Å². The molecule has 0 saturated heterocycles. The molecule has 1 atom stereocenters. The Morgan fingerprint density at radius 2 is 2.46 bits per heavy atom. The molecule has 1 aromatic heterocycles. The third-order valence-electron chi connectivity index (χ3n) is 1.57. The fraction of sp³-hybridized carbons (Fsp3) is 0.444. The van der Waals surface area contributed by atoms with Gasteiger partial charge < -0.3 is 4.74 Å². The van der Waals surface area contributed by atoms with Crippen molar-refractivity contribution in [2.24, 2.45) is 0 Å². The van der Waals surface area contributed by atoms with Crippen molar-refractivity contribution in [3.63, 3.8) is 0 Å². The number of methoxy groups -OCH3 is 1. The Bertz CT molecular complexity index is 292. The molecule has 0 aromatic carbocycles. The van der Waals surface area contributed by atoms with Crippen molar-refractivity contribution in [2.45, 2.75) is 18.6 Å². The molecule has 4 heteroatoms. The first-order chi connectivity index (χ1) is 6.13. The summed E-state index contributed by atoms with van der Waals surface area (Å²) in [6.07, 6.45) is 0.886. The second-order valence-corrected chi connectivity index (χ2v) is 4.66. The second kappa shape index (κ2) is 4.67. The minimum Gasteiger partial charge on any atom is -0.465 e. The second-order valence-electron chi connectivity index (χ2n) is 2.86. The number of ether oxygens (including phenoxy) is 1. The lowest BCUT2D eigenvalue weighted by Crippen LogP contribution is -1.98. The van der Waals surface area contributed by atoms with Gasteiger partial charge in [-0.25, -0.2) is 4.79 Å². The fourth-order valence-electron chi connectivity index (χ4n) is 1.03. The van der Waals surface area contributed by atoms with E-state index in [1.165, 1.54) is 18.4 Å². The minimum absolute atomic E-state index is 0.261. The van der Waals surface area contributed by atoms with Gasteiger partial charge in [0.05, 0.1) is 7.11 Å². The molecule has 0 aliphatic heterocycles. The van der Waals surface area contributed by atoms with E-state index in [0.29, 0.717) is 10.1 Å². The number of carbonyl (C=O) groups excluding carboxylic acids is 1. The lowest BCUT2D eigenvalue weighted by molar-refractivity contribution is 0.0606. The van der Waals surface area contributed by atoms with E-state index in [-0.39, 0.29) is 5.97 Å². The monoisotopic (exact) mass is 216 g/mol. The first-order valence-corrected chi connectivity index (χ1v) is 5.37. The average molecular weight is 216 g/mol. The molecule has 2 nitrogen and oxygen atoms in total. The Balaban J connectivity index is 2.69. The van der Waals surface area contributed by atoms with E-state index < -0.39 is 0 Å². The van der Waals surface area contributed by atoms with Crippen LogP contribution in [0.3, 0.4) is 0 Å². The van der Waals surface area contributed by atoms with Crippen LogP contribution < -0.4 is 0 Å². The Hall–Kier alpha value is -0.480. The molecule has 0 aliphatic carbocycles. The Morgan fingerprint density at radius 3 is 3.00 bits per heavy atom. The van der Waals surface area contributed by atoms with Crippen molar-refractivity contribution in [2.75, 3.05) is 7.11 Å². The zero-order valence-corrected chi connectivity index (χ0v) is 9.32. The number of esters is 1. The molecule has 1 heterocycles. The number of thiophene rings is 1. The molecular weight excluding hydrogens is 204 g/mol. The van der Waals surface area contributed by atoms with Gasteiger partial charge in [-0.05, 0) is 23.4 Å². The van der Waals surface area contributed by atoms with Gasteiger partial charge in [-0.15, -0.1) is 11.3 Å². The number of rotatable bonds is 3. The summed E-state index contributed by atoms with van der Waals surface area (Å²) in [7, 11) is 1.39. The van der Waals surface area contributed by atoms with Gasteiger partial charge in [0.25, 0.3) is 0 Å². The van der Waals surface area contributed by atoms with Gasteiger partial charge in [0.1, 0.15) is 4.88 Å². The highest BCUT2D eigenvalue weighted by atomic mass is 32.1. The minimum atomic E-state index is -0.261. The summed E-state index contributed by atoms with van der Waals surface area (Å²) < 4.78 is 4.61. The molecule has 13 heavy (non-hydrogen) atoms. The van der Waals surface area contributed by atoms with E-state index in [4.69, 9.17) is 0 Å². The zero-order valence-electron chi connectivity index (χ0n) is 7.61. The van der Waals surface area contributed by atoms with Crippen molar-refractivity contribution < 1.29 is 9.53 Å². The maximum absolute atomic E-state index is 11.1. The van der Waals surface area contributed by atoms with Crippen LogP contribution in [0.15, 0.2) is 11.4 Å². The number of thiol groups is 1. The Kier molecular flexibility index (Phi) is 3.81. The van der Waals surface area contributed by atoms with Crippen LogP contribution in [0.1, 0.15) is 22.2 Å². The van der Waals surface area contributed by atoms with Crippen LogP contribution in [-0.2, 0) is 11.2 Å². The molecule has 72 valence electrons. The summed E-state index contributed by atoms with van der Waals surface area (Å²) >= 11 is 5.70. The number of hydrogen-bond acceptors (Lipinski definition) is 4. The SMILES string of the molecule is COC(=O)c1cc(CC(C)S)cs1. The van der Waals surface area contributed by atoms with E-state index in [1.54, 1.807) is 0 Å². The fourth-order valence-corrected chi connectivity index (χ4v) is 2.08. The van der Waals surface area contributed by atoms with E-state index >= 15 is 0 Å². The van der Waals surface area contributed by atoms with Gasteiger partial charge >= 0.3 is 5.97 Å². The molecule has 0 bridgehead atoms. The highest BCUT2D eigenvalue weighted by Gasteiger charge is 2.09. The van der Waals surface area contributed by atoms with Crippen LogP contribution in [-0.4, -0.2) is 18.3 Å². The quantitative estimate of drug-likeness (QED) is 0.620. The maximum Gasteiger partial charge on any atom is 0.348 e. The Morgan fingerprint density at radius 1 is 1.77 bits per heavy atom. The molecule has 1 rings (SSSR count). The molecule has 0 fully saturated rings. The molecule has 1 aromatic rings. The first kappa shape index (κ1) is 10.6. The topological polar surface area (TPSA) is 26.3 Å². The highest BCUT2D eigenvalue weighted by molar-refractivity contribution is 7.80. The van der Waals surface area contributed by atoms with Crippen LogP contribution in [0.5, 0.6) is 0 Å². The Labute approximate surface area is 87.3 Å². The zero-order chi connectivity index (χ0) is 9.84. The predicted molar refractivity (Wildman–Crippen MR) is 57.8 cm³/mol. The van der Waals surface area contributed by atoms with Gasteiger partial charge in [0, 0.05) is 5.25 Å². The van der Waals surface area contributed by atoms with E-state index in [9.17, 15) is 4.79 Å². The molecule has 0 radical (unpaired) electrons. The lowest BCUT2D eigenvalue weighted by Gasteiger charge is -1.98.